The summed E-state index contributed by atoms with van der Waals surface area (Å²) in [5.41, 5.74) is 5.95. The van der Waals surface area contributed by atoms with Crippen LogP contribution in [0.5, 0.6) is 5.75 Å². The topological polar surface area (TPSA) is 107 Å². The van der Waals surface area contributed by atoms with Gasteiger partial charge < -0.3 is 15.8 Å². The third kappa shape index (κ3) is 4.42. The summed E-state index contributed by atoms with van der Waals surface area (Å²) in [6.45, 7) is 0.815. The van der Waals surface area contributed by atoms with Gasteiger partial charge in [0.2, 0.25) is 5.91 Å². The summed E-state index contributed by atoms with van der Waals surface area (Å²) >= 11 is 9.46. The predicted molar refractivity (Wildman–Crippen MR) is 128 cm³/mol. The van der Waals surface area contributed by atoms with Crippen molar-refractivity contribution in [3.8, 4) is 17.1 Å². The molecule has 0 bridgehead atoms. The van der Waals surface area contributed by atoms with Gasteiger partial charge in [-0.15, -0.1) is 5.10 Å². The molecule has 34 heavy (non-hydrogen) atoms. The minimum Gasteiger partial charge on any atom is -0.434 e. The Hall–Kier alpha value is -2.89. The Bertz CT molecular complexity index is 1400. The summed E-state index contributed by atoms with van der Waals surface area (Å²) in [4.78, 5) is 22.1. The number of hydrogen-bond donors (Lipinski definition) is 2. The average Bonchev–Trinajstić information content (AvgIpc) is 3.22. The largest absolute Gasteiger partial charge is 0.434 e. The van der Waals surface area contributed by atoms with Crippen molar-refractivity contribution < 1.29 is 18.3 Å². The van der Waals surface area contributed by atoms with E-state index in [9.17, 15) is 13.6 Å². The highest BCUT2D eigenvalue weighted by molar-refractivity contribution is 9.10. The van der Waals surface area contributed by atoms with E-state index in [2.05, 4.69) is 41.1 Å². The third-order valence-electron chi connectivity index (χ3n) is 5.13. The van der Waals surface area contributed by atoms with E-state index in [1.54, 1.807) is 18.2 Å². The summed E-state index contributed by atoms with van der Waals surface area (Å²) in [6.07, 6.45) is 0.727. The van der Waals surface area contributed by atoms with Crippen LogP contribution in [-0.2, 0) is 10.3 Å². The molecular weight excluding hydrogens is 534 g/mol. The Balaban J connectivity index is 2.00. The standard InChI is InChI=1S/C22H20BrClF2N6O2/c1-3-9-28-20(33)22(2,27)19-29-16-13(5-4-6-14(16)23)18-30-17(31-32(18)19)12-8-7-11(24)10-15(12)34-21(25)26/h4-8,10,21H,3,9,27H2,1-2H3,(H,28,33)/t22-/m0/s1. The molecule has 178 valence electrons. The molecule has 4 rings (SSSR count). The van der Waals surface area contributed by atoms with Gasteiger partial charge in [-0.1, -0.05) is 24.6 Å². The first-order valence-corrected chi connectivity index (χ1v) is 11.5. The molecule has 0 saturated heterocycles. The molecule has 1 amide bonds. The average molecular weight is 554 g/mol. The fraction of sp³-hybridized carbons (Fsp3) is 0.273. The number of rotatable bonds is 7. The van der Waals surface area contributed by atoms with E-state index < -0.39 is 18.1 Å². The van der Waals surface area contributed by atoms with Gasteiger partial charge in [-0.3, -0.25) is 4.79 Å². The lowest BCUT2D eigenvalue weighted by atomic mass is 10.0. The van der Waals surface area contributed by atoms with Crippen molar-refractivity contribution in [1.82, 2.24) is 24.9 Å². The molecule has 3 N–H and O–H groups in total. The van der Waals surface area contributed by atoms with Crippen molar-refractivity contribution in [3.05, 3.63) is 51.7 Å². The summed E-state index contributed by atoms with van der Waals surface area (Å²) < 4.78 is 32.7. The van der Waals surface area contributed by atoms with E-state index >= 15 is 0 Å². The van der Waals surface area contributed by atoms with Gasteiger partial charge >= 0.3 is 6.61 Å². The Kier molecular flexibility index (Phi) is 6.70. The second-order valence-electron chi connectivity index (χ2n) is 7.72. The zero-order valence-electron chi connectivity index (χ0n) is 18.2. The first-order valence-electron chi connectivity index (χ1n) is 10.3. The molecule has 0 saturated carbocycles. The van der Waals surface area contributed by atoms with Gasteiger partial charge in [-0.25, -0.2) is 9.97 Å². The van der Waals surface area contributed by atoms with Crippen LogP contribution < -0.4 is 15.8 Å². The molecule has 0 fully saturated rings. The van der Waals surface area contributed by atoms with Crippen LogP contribution in [0, 0.1) is 0 Å². The van der Waals surface area contributed by atoms with Crippen molar-refractivity contribution in [2.45, 2.75) is 32.4 Å². The minimum atomic E-state index is -3.07. The number of amides is 1. The third-order valence-corrected chi connectivity index (χ3v) is 6.00. The van der Waals surface area contributed by atoms with Crippen molar-refractivity contribution in [1.29, 1.82) is 0 Å². The van der Waals surface area contributed by atoms with E-state index in [-0.39, 0.29) is 28.0 Å². The minimum absolute atomic E-state index is 0.0765. The number of nitrogens with one attached hydrogen (secondary N) is 1. The number of alkyl halides is 2. The molecule has 0 radical (unpaired) electrons. The fourth-order valence-electron chi connectivity index (χ4n) is 3.45. The van der Waals surface area contributed by atoms with Crippen molar-refractivity contribution >= 4 is 50.0 Å². The van der Waals surface area contributed by atoms with Crippen LogP contribution in [0.3, 0.4) is 0 Å². The molecule has 1 atom stereocenters. The number of fused-ring (bicyclic) bond motifs is 3. The number of hydrogen-bond acceptors (Lipinski definition) is 6. The van der Waals surface area contributed by atoms with E-state index in [1.165, 1.54) is 29.6 Å². The van der Waals surface area contributed by atoms with Gasteiger partial charge in [-0.05, 0) is 59.6 Å². The first kappa shape index (κ1) is 24.2. The summed E-state index contributed by atoms with van der Waals surface area (Å²) in [5.74, 6) is -0.429. The van der Waals surface area contributed by atoms with Crippen LogP contribution in [0.15, 0.2) is 40.9 Å². The zero-order valence-corrected chi connectivity index (χ0v) is 20.5. The number of carbonyl (C=O) groups excluding carboxylic acids is 1. The molecule has 2 heterocycles. The Labute approximate surface area is 206 Å². The lowest BCUT2D eigenvalue weighted by Crippen LogP contribution is -2.51. The number of ether oxygens (including phenoxy) is 1. The lowest BCUT2D eigenvalue weighted by molar-refractivity contribution is -0.126. The highest BCUT2D eigenvalue weighted by Gasteiger charge is 2.36. The molecule has 0 aliphatic heterocycles. The molecule has 0 aliphatic rings. The quantitative estimate of drug-likeness (QED) is 0.345. The second kappa shape index (κ2) is 9.40. The highest BCUT2D eigenvalue weighted by Crippen LogP contribution is 2.34. The van der Waals surface area contributed by atoms with Crippen LogP contribution in [0.2, 0.25) is 5.02 Å². The van der Waals surface area contributed by atoms with Gasteiger partial charge in [0.25, 0.3) is 0 Å². The van der Waals surface area contributed by atoms with Crippen molar-refractivity contribution in [2.75, 3.05) is 6.54 Å². The van der Waals surface area contributed by atoms with Crippen LogP contribution in [0.25, 0.3) is 27.9 Å². The van der Waals surface area contributed by atoms with E-state index in [0.717, 1.165) is 6.42 Å². The van der Waals surface area contributed by atoms with Crippen molar-refractivity contribution in [3.63, 3.8) is 0 Å². The Morgan fingerprint density at radius 3 is 2.79 bits per heavy atom. The molecule has 0 spiro atoms. The summed E-state index contributed by atoms with van der Waals surface area (Å²) in [7, 11) is 0. The Morgan fingerprint density at radius 2 is 2.09 bits per heavy atom. The number of carbonyl (C=O) groups is 1. The molecule has 0 aliphatic carbocycles. The zero-order chi connectivity index (χ0) is 24.6. The Morgan fingerprint density at radius 1 is 1.32 bits per heavy atom. The van der Waals surface area contributed by atoms with Gasteiger partial charge in [0.05, 0.1) is 11.1 Å². The number of para-hydroxylation sites is 1. The first-order chi connectivity index (χ1) is 16.1. The van der Waals surface area contributed by atoms with E-state index in [0.29, 0.717) is 27.6 Å². The lowest BCUT2D eigenvalue weighted by Gasteiger charge is -2.23. The number of nitrogens with zero attached hydrogens (tertiary/aromatic N) is 4. The monoisotopic (exact) mass is 552 g/mol. The normalized spacial score (nSPS) is 13.4. The second-order valence-corrected chi connectivity index (χ2v) is 9.01. The van der Waals surface area contributed by atoms with Gasteiger partial charge in [-0.2, -0.15) is 13.3 Å². The maximum Gasteiger partial charge on any atom is 0.387 e. The molecule has 2 aromatic carbocycles. The maximum absolute atomic E-state index is 13.0. The number of aromatic nitrogens is 4. The molecule has 4 aromatic rings. The molecule has 8 nitrogen and oxygen atoms in total. The number of halogens is 4. The highest BCUT2D eigenvalue weighted by atomic mass is 79.9. The number of benzene rings is 2. The van der Waals surface area contributed by atoms with E-state index in [4.69, 9.17) is 17.3 Å². The summed E-state index contributed by atoms with van der Waals surface area (Å²) in [5, 5.41) is 8.10. The van der Waals surface area contributed by atoms with Crippen molar-refractivity contribution in [2.24, 2.45) is 5.73 Å². The van der Waals surface area contributed by atoms with Gasteiger partial charge in [0.15, 0.2) is 22.8 Å². The fourth-order valence-corrected chi connectivity index (χ4v) is 4.06. The van der Waals surface area contributed by atoms with Gasteiger partial charge in [0.1, 0.15) is 5.75 Å². The SMILES string of the molecule is CCCNC(=O)[C@@](C)(N)c1nc2c(Br)cccc2c2nc(-c3ccc(Cl)cc3OC(F)F)nn12. The van der Waals surface area contributed by atoms with Crippen LogP contribution in [0.4, 0.5) is 8.78 Å². The van der Waals surface area contributed by atoms with Crippen LogP contribution in [-0.4, -0.2) is 38.6 Å². The smallest absolute Gasteiger partial charge is 0.387 e. The van der Waals surface area contributed by atoms with Crippen LogP contribution in [0.1, 0.15) is 26.1 Å². The van der Waals surface area contributed by atoms with Gasteiger partial charge in [0, 0.05) is 21.4 Å². The summed E-state index contributed by atoms with van der Waals surface area (Å²) in [6, 6.07) is 9.63. The van der Waals surface area contributed by atoms with Crippen LogP contribution >= 0.6 is 27.5 Å². The molecule has 0 unspecified atom stereocenters. The predicted octanol–water partition coefficient (Wildman–Crippen LogP) is 4.66. The van der Waals surface area contributed by atoms with E-state index in [1.807, 2.05) is 6.92 Å². The number of nitrogens with two attached hydrogens (primary N) is 1. The maximum atomic E-state index is 13.0. The molecular formula is C22H20BrClF2N6O2. The molecule has 12 heteroatoms. The molecule has 2 aromatic heterocycles.